The van der Waals surface area contributed by atoms with Crippen molar-refractivity contribution in [2.75, 3.05) is 12.0 Å². The van der Waals surface area contributed by atoms with Crippen LogP contribution in [0.15, 0.2) is 5.29 Å². The van der Waals surface area contributed by atoms with Gasteiger partial charge in [-0.05, 0) is 18.4 Å². The highest BCUT2D eigenvalue weighted by Crippen LogP contribution is 2.00. The Labute approximate surface area is 68.5 Å². The third-order valence-electron chi connectivity index (χ3n) is 1.12. The van der Waals surface area contributed by atoms with Crippen molar-refractivity contribution in [2.45, 2.75) is 12.5 Å². The lowest BCUT2D eigenvalue weighted by Crippen LogP contribution is -2.33. The van der Waals surface area contributed by atoms with Gasteiger partial charge in [-0.3, -0.25) is 5.43 Å². The van der Waals surface area contributed by atoms with Crippen molar-refractivity contribution in [3.05, 3.63) is 4.91 Å². The summed E-state index contributed by atoms with van der Waals surface area (Å²) >= 11 is 1.53. The zero-order chi connectivity index (χ0) is 8.69. The molecule has 0 fully saturated rings. The SMILES string of the molecule is CSCC[C@H](NN=O)C(=O)O. The highest BCUT2D eigenvalue weighted by Gasteiger charge is 2.15. The topological polar surface area (TPSA) is 78.8 Å². The molecule has 11 heavy (non-hydrogen) atoms. The van der Waals surface area contributed by atoms with Gasteiger partial charge in [0.05, 0.1) is 5.29 Å². The molecule has 0 aliphatic rings. The van der Waals surface area contributed by atoms with Gasteiger partial charge in [0.25, 0.3) is 0 Å². The summed E-state index contributed by atoms with van der Waals surface area (Å²) in [6, 6.07) is -0.847. The van der Waals surface area contributed by atoms with Gasteiger partial charge in [0.2, 0.25) is 0 Å². The molecule has 0 aliphatic carbocycles. The summed E-state index contributed by atoms with van der Waals surface area (Å²) in [7, 11) is 0. The quantitative estimate of drug-likeness (QED) is 0.456. The molecule has 0 bridgehead atoms. The van der Waals surface area contributed by atoms with Gasteiger partial charge in [-0.25, -0.2) is 4.79 Å². The maximum Gasteiger partial charge on any atom is 0.327 e. The van der Waals surface area contributed by atoms with Crippen LogP contribution >= 0.6 is 11.8 Å². The number of carboxylic acid groups (broad SMARTS) is 1. The van der Waals surface area contributed by atoms with Crippen molar-refractivity contribution in [2.24, 2.45) is 5.29 Å². The molecule has 0 amide bonds. The fraction of sp³-hybridized carbons (Fsp3) is 0.800. The van der Waals surface area contributed by atoms with Crippen LogP contribution in [0.2, 0.25) is 0 Å². The van der Waals surface area contributed by atoms with E-state index >= 15 is 0 Å². The van der Waals surface area contributed by atoms with Crippen molar-refractivity contribution < 1.29 is 9.90 Å². The van der Waals surface area contributed by atoms with Gasteiger partial charge in [0.15, 0.2) is 0 Å². The van der Waals surface area contributed by atoms with Gasteiger partial charge in [0, 0.05) is 0 Å². The highest BCUT2D eigenvalue weighted by atomic mass is 32.2. The lowest BCUT2D eigenvalue weighted by molar-refractivity contribution is -0.139. The first kappa shape index (κ1) is 10.2. The minimum atomic E-state index is -1.04. The van der Waals surface area contributed by atoms with E-state index in [0.717, 1.165) is 0 Å². The van der Waals surface area contributed by atoms with E-state index in [-0.39, 0.29) is 0 Å². The molecule has 0 spiro atoms. The van der Waals surface area contributed by atoms with Crippen LogP contribution in [-0.4, -0.2) is 29.1 Å². The lowest BCUT2D eigenvalue weighted by atomic mass is 10.2. The number of carbonyl (C=O) groups is 1. The van der Waals surface area contributed by atoms with Crippen LogP contribution in [0, 0.1) is 4.91 Å². The van der Waals surface area contributed by atoms with Gasteiger partial charge in [-0.15, -0.1) is 4.91 Å². The average molecular weight is 178 g/mol. The van der Waals surface area contributed by atoms with Gasteiger partial charge in [0.1, 0.15) is 6.04 Å². The first-order chi connectivity index (χ1) is 5.22. The third kappa shape index (κ3) is 4.60. The molecule has 0 radical (unpaired) electrons. The maximum atomic E-state index is 10.3. The van der Waals surface area contributed by atoms with Gasteiger partial charge in [-0.1, -0.05) is 0 Å². The monoisotopic (exact) mass is 178 g/mol. The van der Waals surface area contributed by atoms with Crippen LogP contribution in [0.4, 0.5) is 0 Å². The molecule has 5 nitrogen and oxygen atoms in total. The summed E-state index contributed by atoms with van der Waals surface area (Å²) in [4.78, 5) is 20.0. The van der Waals surface area contributed by atoms with E-state index in [4.69, 9.17) is 5.11 Å². The van der Waals surface area contributed by atoms with Gasteiger partial charge < -0.3 is 5.11 Å². The van der Waals surface area contributed by atoms with Crippen LogP contribution in [0.5, 0.6) is 0 Å². The fourth-order valence-electron chi connectivity index (χ4n) is 0.543. The van der Waals surface area contributed by atoms with E-state index < -0.39 is 12.0 Å². The minimum Gasteiger partial charge on any atom is -0.480 e. The van der Waals surface area contributed by atoms with E-state index in [0.29, 0.717) is 12.2 Å². The molecular weight excluding hydrogens is 168 g/mol. The summed E-state index contributed by atoms with van der Waals surface area (Å²) in [5.74, 6) is -0.349. The number of thioether (sulfide) groups is 1. The molecule has 1 atom stereocenters. The van der Waals surface area contributed by atoms with Crippen LogP contribution in [0.25, 0.3) is 0 Å². The third-order valence-corrected chi connectivity index (χ3v) is 1.76. The molecule has 0 aromatic heterocycles. The Balaban J connectivity index is 3.69. The Bertz CT molecular complexity index is 142. The average Bonchev–Trinajstić information content (AvgIpc) is 1.97. The van der Waals surface area contributed by atoms with E-state index in [1.54, 1.807) is 0 Å². The predicted molar refractivity (Wildman–Crippen MR) is 43.4 cm³/mol. The highest BCUT2D eigenvalue weighted by molar-refractivity contribution is 7.98. The molecule has 0 rings (SSSR count). The number of aliphatic carboxylic acids is 1. The number of hydrogen-bond acceptors (Lipinski definition) is 4. The summed E-state index contributed by atoms with van der Waals surface area (Å²) in [6.07, 6.45) is 2.27. The van der Waals surface area contributed by atoms with E-state index in [1.165, 1.54) is 11.8 Å². The lowest BCUT2D eigenvalue weighted by Gasteiger charge is -2.07. The first-order valence-electron chi connectivity index (χ1n) is 3.02. The fourth-order valence-corrected chi connectivity index (χ4v) is 1.01. The molecule has 64 valence electrons. The van der Waals surface area contributed by atoms with Crippen LogP contribution in [-0.2, 0) is 4.79 Å². The smallest absolute Gasteiger partial charge is 0.327 e. The Morgan fingerprint density at radius 3 is 2.82 bits per heavy atom. The zero-order valence-corrected chi connectivity index (χ0v) is 6.93. The number of nitroso groups, excluding NO2 is 1. The van der Waals surface area contributed by atoms with Crippen LogP contribution < -0.4 is 5.43 Å². The van der Waals surface area contributed by atoms with Crippen molar-refractivity contribution >= 4 is 17.7 Å². The molecule has 0 aromatic rings. The van der Waals surface area contributed by atoms with Crippen molar-refractivity contribution in [1.29, 1.82) is 0 Å². The molecule has 0 heterocycles. The number of nitrogens with one attached hydrogen (secondary N) is 1. The molecule has 0 saturated heterocycles. The van der Waals surface area contributed by atoms with E-state index in [2.05, 4.69) is 5.29 Å². The normalized spacial score (nSPS) is 12.1. The molecule has 6 heteroatoms. The number of rotatable bonds is 6. The largest absolute Gasteiger partial charge is 0.480 e. The Kier molecular flexibility index (Phi) is 5.54. The van der Waals surface area contributed by atoms with Crippen LogP contribution in [0.1, 0.15) is 6.42 Å². The second-order valence-corrected chi connectivity index (χ2v) is 2.88. The van der Waals surface area contributed by atoms with Gasteiger partial charge >= 0.3 is 5.97 Å². The van der Waals surface area contributed by atoms with Gasteiger partial charge in [-0.2, -0.15) is 11.8 Å². The molecular formula is C5H10N2O3S. The first-order valence-corrected chi connectivity index (χ1v) is 4.41. The summed E-state index contributed by atoms with van der Waals surface area (Å²) in [5.41, 5.74) is 1.97. The molecule has 0 aliphatic heterocycles. The molecule has 0 unspecified atom stereocenters. The summed E-state index contributed by atoms with van der Waals surface area (Å²) in [5, 5.41) is 10.8. The van der Waals surface area contributed by atoms with E-state index in [1.807, 2.05) is 11.7 Å². The summed E-state index contributed by atoms with van der Waals surface area (Å²) < 4.78 is 0. The Morgan fingerprint density at radius 2 is 2.45 bits per heavy atom. The predicted octanol–water partition coefficient (Wildman–Crippen LogP) is 0.464. The van der Waals surface area contributed by atoms with Crippen LogP contribution in [0.3, 0.4) is 0 Å². The number of nitrogens with zero attached hydrogens (tertiary/aromatic N) is 1. The van der Waals surface area contributed by atoms with E-state index in [9.17, 15) is 9.70 Å². The Hall–Kier alpha value is -0.780. The minimum absolute atomic E-state index is 0.405. The van der Waals surface area contributed by atoms with Crippen molar-refractivity contribution in [1.82, 2.24) is 5.43 Å². The van der Waals surface area contributed by atoms with Crippen molar-refractivity contribution in [3.8, 4) is 0 Å². The maximum absolute atomic E-state index is 10.3. The second-order valence-electron chi connectivity index (χ2n) is 1.89. The Morgan fingerprint density at radius 1 is 1.82 bits per heavy atom. The zero-order valence-electron chi connectivity index (χ0n) is 6.11. The molecule has 2 N–H and O–H groups in total. The second kappa shape index (κ2) is 5.96. The number of carboxylic acids is 1. The van der Waals surface area contributed by atoms with Crippen molar-refractivity contribution in [3.63, 3.8) is 0 Å². The number of hydrogen-bond donors (Lipinski definition) is 2. The molecule has 0 aromatic carbocycles. The molecule has 0 saturated carbocycles. The standard InChI is InChI=1S/C5H10N2O3S/c1-11-3-2-4(5(8)9)6-7-10/h4H,2-3H2,1H3,(H,6,10)(H,8,9)/t4-/m0/s1. The summed E-state index contributed by atoms with van der Waals surface area (Å²) in [6.45, 7) is 0.